The third kappa shape index (κ3) is 3.96. The molecule has 5 heteroatoms. The van der Waals surface area contributed by atoms with Crippen LogP contribution in [0, 0.1) is 23.7 Å². The van der Waals surface area contributed by atoms with Crippen LogP contribution < -0.4 is 0 Å². The monoisotopic (exact) mass is 336 g/mol. The molecule has 3 N–H and O–H groups in total. The number of aliphatic carboxylic acids is 2. The lowest BCUT2D eigenvalue weighted by atomic mass is 9.66. The Hall–Kier alpha value is -1.88. The summed E-state index contributed by atoms with van der Waals surface area (Å²) in [5.41, 5.74) is 0.593. The van der Waals surface area contributed by atoms with Crippen molar-refractivity contribution >= 4 is 11.9 Å². The van der Waals surface area contributed by atoms with E-state index in [0.29, 0.717) is 12.8 Å². The van der Waals surface area contributed by atoms with E-state index in [1.165, 1.54) is 5.56 Å². The van der Waals surface area contributed by atoms with E-state index in [0.717, 1.165) is 5.56 Å². The highest BCUT2D eigenvalue weighted by molar-refractivity contribution is 5.80. The predicted molar refractivity (Wildman–Crippen MR) is 91.7 cm³/mol. The molecule has 5 nitrogen and oxygen atoms in total. The molecule has 0 saturated heterocycles. The number of hydrogen-bond acceptors (Lipinski definition) is 3. The Bertz CT molecular complexity index is 588. The average molecular weight is 336 g/mol. The van der Waals surface area contributed by atoms with E-state index in [1.807, 2.05) is 31.2 Å². The zero-order chi connectivity index (χ0) is 18.7. The molecule has 1 saturated carbocycles. The van der Waals surface area contributed by atoms with Gasteiger partial charge in [-0.05, 0) is 44.6 Å². The Labute approximate surface area is 143 Å². The molecule has 2 rings (SSSR count). The van der Waals surface area contributed by atoms with Gasteiger partial charge in [-0.2, -0.15) is 0 Å². The molecule has 24 heavy (non-hydrogen) atoms. The van der Waals surface area contributed by atoms with Crippen LogP contribution in [0.2, 0.25) is 0 Å². The summed E-state index contributed by atoms with van der Waals surface area (Å²) in [4.78, 5) is 22.0. The number of carbonyl (C=O) groups is 2. The van der Waals surface area contributed by atoms with Gasteiger partial charge in [-0.1, -0.05) is 43.7 Å². The molecule has 0 aromatic heterocycles. The molecule has 0 amide bonds. The molecule has 3 unspecified atom stereocenters. The van der Waals surface area contributed by atoms with Gasteiger partial charge in [0.2, 0.25) is 0 Å². The van der Waals surface area contributed by atoms with E-state index in [4.69, 9.17) is 15.3 Å². The molecule has 1 aromatic rings. The quantitative estimate of drug-likeness (QED) is 0.783. The minimum Gasteiger partial charge on any atom is -0.481 e. The minimum atomic E-state index is -0.921. The van der Waals surface area contributed by atoms with Gasteiger partial charge in [0.15, 0.2) is 0 Å². The molecule has 1 aliphatic rings. The first kappa shape index (κ1) is 20.2. The molecule has 0 radical (unpaired) electrons. The Morgan fingerprint density at radius 3 is 1.92 bits per heavy atom. The van der Waals surface area contributed by atoms with Crippen LogP contribution in [0.5, 0.6) is 0 Å². The van der Waals surface area contributed by atoms with Gasteiger partial charge in [-0.25, -0.2) is 0 Å². The van der Waals surface area contributed by atoms with Crippen LogP contribution >= 0.6 is 0 Å². The fraction of sp³-hybridized carbons (Fsp3) is 0.579. The first-order valence-corrected chi connectivity index (χ1v) is 8.14. The second-order valence-corrected chi connectivity index (χ2v) is 7.38. The number of aliphatic hydroxyl groups is 1. The van der Waals surface area contributed by atoms with Gasteiger partial charge in [-0.15, -0.1) is 0 Å². The van der Waals surface area contributed by atoms with E-state index in [9.17, 15) is 9.59 Å². The Kier molecular flexibility index (Phi) is 6.17. The highest BCUT2D eigenvalue weighted by Gasteiger charge is 2.58. The van der Waals surface area contributed by atoms with Crippen LogP contribution in [0.4, 0.5) is 0 Å². The van der Waals surface area contributed by atoms with Crippen LogP contribution in [0.25, 0.3) is 0 Å². The average Bonchev–Trinajstić information content (AvgIpc) is 2.71. The highest BCUT2D eigenvalue weighted by atomic mass is 16.4. The maximum absolute atomic E-state index is 11.1. The Balaban J connectivity index is 0.000000254. The molecular formula is C19H28O5. The van der Waals surface area contributed by atoms with Crippen molar-refractivity contribution in [2.45, 2.75) is 53.6 Å². The van der Waals surface area contributed by atoms with Gasteiger partial charge in [0.25, 0.3) is 0 Å². The molecule has 0 spiro atoms. The lowest BCUT2D eigenvalue weighted by Gasteiger charge is -2.36. The molecule has 1 aromatic carbocycles. The molecule has 0 heterocycles. The summed E-state index contributed by atoms with van der Waals surface area (Å²) in [5, 5.41) is 27.2. The minimum absolute atomic E-state index is 0.347. The lowest BCUT2D eigenvalue weighted by molar-refractivity contribution is -0.157. The Morgan fingerprint density at radius 1 is 1.12 bits per heavy atom. The van der Waals surface area contributed by atoms with E-state index in [-0.39, 0.29) is 6.10 Å². The highest BCUT2D eigenvalue weighted by Crippen LogP contribution is 2.56. The summed E-state index contributed by atoms with van der Waals surface area (Å²) in [6.07, 6.45) is 0.540. The van der Waals surface area contributed by atoms with E-state index < -0.39 is 28.7 Å². The molecule has 1 aliphatic carbocycles. The van der Waals surface area contributed by atoms with E-state index in [2.05, 4.69) is 0 Å². The van der Waals surface area contributed by atoms with Crippen molar-refractivity contribution < 1.29 is 24.9 Å². The zero-order valence-corrected chi connectivity index (χ0v) is 15.0. The maximum atomic E-state index is 11.1. The number of carboxylic acid groups (broad SMARTS) is 2. The topological polar surface area (TPSA) is 94.8 Å². The van der Waals surface area contributed by atoms with Crippen molar-refractivity contribution in [2.75, 3.05) is 0 Å². The summed E-state index contributed by atoms with van der Waals surface area (Å²) in [5.74, 6) is -2.34. The molecule has 3 atom stereocenters. The Morgan fingerprint density at radius 2 is 1.62 bits per heavy atom. The second-order valence-electron chi connectivity index (χ2n) is 7.38. The zero-order valence-electron chi connectivity index (χ0n) is 15.0. The number of aryl methyl sites for hydroxylation is 1. The molecule has 0 bridgehead atoms. The van der Waals surface area contributed by atoms with Crippen molar-refractivity contribution in [3.8, 4) is 0 Å². The van der Waals surface area contributed by atoms with Crippen molar-refractivity contribution in [3.63, 3.8) is 0 Å². The normalized spacial score (nSPS) is 26.2. The fourth-order valence-electron chi connectivity index (χ4n) is 3.16. The van der Waals surface area contributed by atoms with Crippen molar-refractivity contribution in [1.82, 2.24) is 0 Å². The second kappa shape index (κ2) is 7.34. The standard InChI is InChI=1S/C10H16O4.C9H12O/c1-9(2)6(7(11)12)4-5-10(9,3)8(13)14;1-7-3-5-9(6-4-7)8(2)10/h6H,4-5H2,1-3H3,(H,11,12)(H,13,14);3-6,8,10H,1-2H3. The van der Waals surface area contributed by atoms with Crippen molar-refractivity contribution in [1.29, 1.82) is 0 Å². The predicted octanol–water partition coefficient (Wildman–Crippen LogP) is 3.65. The van der Waals surface area contributed by atoms with Crippen LogP contribution in [0.15, 0.2) is 24.3 Å². The molecule has 1 fully saturated rings. The first-order valence-electron chi connectivity index (χ1n) is 8.14. The molecule has 134 valence electrons. The van der Waals surface area contributed by atoms with Crippen LogP contribution in [-0.4, -0.2) is 27.3 Å². The van der Waals surface area contributed by atoms with Crippen LogP contribution in [0.3, 0.4) is 0 Å². The van der Waals surface area contributed by atoms with Crippen molar-refractivity contribution in [3.05, 3.63) is 35.4 Å². The third-order valence-electron chi connectivity index (χ3n) is 5.56. The van der Waals surface area contributed by atoms with Gasteiger partial charge < -0.3 is 15.3 Å². The molecular weight excluding hydrogens is 308 g/mol. The smallest absolute Gasteiger partial charge is 0.309 e. The summed E-state index contributed by atoms with van der Waals surface area (Å²) in [6.45, 7) is 8.90. The van der Waals surface area contributed by atoms with Gasteiger partial charge in [0.05, 0.1) is 17.4 Å². The SMILES string of the molecule is CC1(C(=O)O)CCC(C(=O)O)C1(C)C.Cc1ccc(C(C)O)cc1. The number of rotatable bonds is 3. The summed E-state index contributed by atoms with van der Waals surface area (Å²) in [6, 6.07) is 7.89. The summed E-state index contributed by atoms with van der Waals surface area (Å²) >= 11 is 0. The number of aliphatic hydroxyl groups excluding tert-OH is 1. The number of benzene rings is 1. The van der Waals surface area contributed by atoms with Gasteiger partial charge in [0.1, 0.15) is 0 Å². The van der Waals surface area contributed by atoms with Gasteiger partial charge >= 0.3 is 11.9 Å². The first-order chi connectivity index (χ1) is 10.9. The van der Waals surface area contributed by atoms with E-state index in [1.54, 1.807) is 27.7 Å². The van der Waals surface area contributed by atoms with Crippen molar-refractivity contribution in [2.24, 2.45) is 16.7 Å². The number of hydrogen-bond donors (Lipinski definition) is 3. The maximum Gasteiger partial charge on any atom is 0.309 e. The van der Waals surface area contributed by atoms with Crippen LogP contribution in [0.1, 0.15) is 57.8 Å². The van der Waals surface area contributed by atoms with Crippen LogP contribution in [-0.2, 0) is 9.59 Å². The largest absolute Gasteiger partial charge is 0.481 e. The summed E-state index contributed by atoms with van der Waals surface area (Å²) in [7, 11) is 0. The summed E-state index contributed by atoms with van der Waals surface area (Å²) < 4.78 is 0. The van der Waals surface area contributed by atoms with Gasteiger partial charge in [0, 0.05) is 0 Å². The number of carboxylic acids is 2. The fourth-order valence-corrected chi connectivity index (χ4v) is 3.16. The van der Waals surface area contributed by atoms with Gasteiger partial charge in [-0.3, -0.25) is 9.59 Å². The van der Waals surface area contributed by atoms with E-state index >= 15 is 0 Å². The lowest BCUT2D eigenvalue weighted by Crippen LogP contribution is -2.42. The third-order valence-corrected chi connectivity index (χ3v) is 5.56. The molecule has 0 aliphatic heterocycles.